The molecule has 1 N–H and O–H groups in total. The summed E-state index contributed by atoms with van der Waals surface area (Å²) in [6, 6.07) is 7.21. The molecule has 1 aromatic rings. The highest BCUT2D eigenvalue weighted by atomic mass is 32.2. The van der Waals surface area contributed by atoms with E-state index in [-0.39, 0.29) is 6.10 Å². The van der Waals surface area contributed by atoms with Crippen molar-refractivity contribution in [1.29, 1.82) is 0 Å². The van der Waals surface area contributed by atoms with Crippen LogP contribution in [0, 0.1) is 0 Å². The van der Waals surface area contributed by atoms with Crippen LogP contribution in [0.4, 0.5) is 0 Å². The van der Waals surface area contributed by atoms with Crippen LogP contribution in [0.2, 0.25) is 0 Å². The average Bonchev–Trinajstić information content (AvgIpc) is 2.46. The fourth-order valence-corrected chi connectivity index (χ4v) is 3.91. The highest BCUT2D eigenvalue weighted by Gasteiger charge is 2.28. The van der Waals surface area contributed by atoms with Crippen molar-refractivity contribution in [3.63, 3.8) is 0 Å². The molecule has 0 radical (unpaired) electrons. The van der Waals surface area contributed by atoms with Gasteiger partial charge in [0.25, 0.3) is 0 Å². The molecule has 0 unspecified atom stereocenters. The van der Waals surface area contributed by atoms with E-state index in [9.17, 15) is 13.5 Å². The third-order valence-electron chi connectivity index (χ3n) is 3.80. The van der Waals surface area contributed by atoms with E-state index in [1.54, 1.807) is 12.1 Å². The SMILES string of the molecule is CCCCc1ccc(S(=O)(=O)N2CCC(O)CC2)cc1. The van der Waals surface area contributed by atoms with Crippen molar-refractivity contribution in [2.45, 2.75) is 50.0 Å². The Morgan fingerprint density at radius 2 is 1.80 bits per heavy atom. The van der Waals surface area contributed by atoms with E-state index >= 15 is 0 Å². The van der Waals surface area contributed by atoms with E-state index in [0.29, 0.717) is 30.8 Å². The molecule has 1 aliphatic heterocycles. The number of benzene rings is 1. The van der Waals surface area contributed by atoms with Gasteiger partial charge in [-0.05, 0) is 43.4 Å². The molecule has 0 atom stereocenters. The number of unbranched alkanes of at least 4 members (excludes halogenated alkanes) is 1. The van der Waals surface area contributed by atoms with Gasteiger partial charge in [0.1, 0.15) is 0 Å². The molecule has 5 heteroatoms. The fourth-order valence-electron chi connectivity index (χ4n) is 2.44. The molecule has 0 bridgehead atoms. The zero-order valence-corrected chi connectivity index (χ0v) is 12.8. The summed E-state index contributed by atoms with van der Waals surface area (Å²) < 4.78 is 26.4. The number of nitrogens with zero attached hydrogens (tertiary/aromatic N) is 1. The topological polar surface area (TPSA) is 57.6 Å². The summed E-state index contributed by atoms with van der Waals surface area (Å²) >= 11 is 0. The Morgan fingerprint density at radius 3 is 2.35 bits per heavy atom. The molecule has 0 saturated carbocycles. The van der Waals surface area contributed by atoms with Crippen LogP contribution in [0.1, 0.15) is 38.2 Å². The van der Waals surface area contributed by atoms with Crippen molar-refractivity contribution in [3.8, 4) is 0 Å². The van der Waals surface area contributed by atoms with Gasteiger partial charge in [0, 0.05) is 13.1 Å². The van der Waals surface area contributed by atoms with E-state index < -0.39 is 10.0 Å². The van der Waals surface area contributed by atoms with Gasteiger partial charge < -0.3 is 5.11 Å². The number of piperidine rings is 1. The zero-order valence-electron chi connectivity index (χ0n) is 12.0. The number of aliphatic hydroxyl groups is 1. The Hall–Kier alpha value is -0.910. The van der Waals surface area contributed by atoms with Gasteiger partial charge >= 0.3 is 0 Å². The molecular formula is C15H23NO3S. The lowest BCUT2D eigenvalue weighted by Crippen LogP contribution is -2.39. The molecule has 0 amide bonds. The molecular weight excluding hydrogens is 274 g/mol. The first kappa shape index (κ1) is 15.5. The normalized spacial score (nSPS) is 18.3. The molecule has 4 nitrogen and oxygen atoms in total. The second kappa shape index (κ2) is 6.70. The number of aryl methyl sites for hydroxylation is 1. The molecule has 20 heavy (non-hydrogen) atoms. The lowest BCUT2D eigenvalue weighted by molar-refractivity contribution is 0.113. The van der Waals surface area contributed by atoms with Crippen molar-refractivity contribution >= 4 is 10.0 Å². The van der Waals surface area contributed by atoms with E-state index in [0.717, 1.165) is 19.3 Å². The van der Waals surface area contributed by atoms with Gasteiger partial charge in [-0.25, -0.2) is 8.42 Å². The first-order valence-corrected chi connectivity index (χ1v) is 8.75. The van der Waals surface area contributed by atoms with Crippen LogP contribution in [0.5, 0.6) is 0 Å². The number of rotatable bonds is 5. The quantitative estimate of drug-likeness (QED) is 0.906. The summed E-state index contributed by atoms with van der Waals surface area (Å²) in [7, 11) is -3.40. The lowest BCUT2D eigenvalue weighted by atomic mass is 10.1. The fraction of sp³-hybridized carbons (Fsp3) is 0.600. The number of sulfonamides is 1. The standard InChI is InChI=1S/C15H23NO3S/c1-2-3-4-13-5-7-15(8-6-13)20(18,19)16-11-9-14(17)10-12-16/h5-8,14,17H,2-4,9-12H2,1H3. The molecule has 1 fully saturated rings. The van der Waals surface area contributed by atoms with Gasteiger partial charge in [0.15, 0.2) is 0 Å². The average molecular weight is 297 g/mol. The minimum atomic E-state index is -3.40. The van der Waals surface area contributed by atoms with E-state index in [2.05, 4.69) is 6.92 Å². The Bertz CT molecular complexity index is 517. The first-order valence-electron chi connectivity index (χ1n) is 7.31. The Balaban J connectivity index is 2.09. The van der Waals surface area contributed by atoms with Crippen LogP contribution in [0.25, 0.3) is 0 Å². The summed E-state index contributed by atoms with van der Waals surface area (Å²) in [4.78, 5) is 0.356. The van der Waals surface area contributed by atoms with Crippen molar-refractivity contribution in [1.82, 2.24) is 4.31 Å². The predicted molar refractivity (Wildman–Crippen MR) is 79.1 cm³/mol. The molecule has 0 spiro atoms. The Kier molecular flexibility index (Phi) is 5.18. The zero-order chi connectivity index (χ0) is 14.6. The van der Waals surface area contributed by atoms with E-state index in [1.165, 1.54) is 9.87 Å². The second-order valence-electron chi connectivity index (χ2n) is 5.38. The maximum atomic E-state index is 12.5. The molecule has 0 aliphatic carbocycles. The van der Waals surface area contributed by atoms with Gasteiger partial charge in [0.05, 0.1) is 11.0 Å². The lowest BCUT2D eigenvalue weighted by Gasteiger charge is -2.28. The molecule has 1 heterocycles. The third kappa shape index (κ3) is 3.59. The minimum absolute atomic E-state index is 0.356. The third-order valence-corrected chi connectivity index (χ3v) is 5.72. The van der Waals surface area contributed by atoms with E-state index in [4.69, 9.17) is 0 Å². The second-order valence-corrected chi connectivity index (χ2v) is 7.32. The van der Waals surface area contributed by atoms with Crippen LogP contribution in [0.15, 0.2) is 29.2 Å². The molecule has 2 rings (SSSR count). The van der Waals surface area contributed by atoms with E-state index in [1.807, 2.05) is 12.1 Å². The van der Waals surface area contributed by atoms with Gasteiger partial charge in [-0.2, -0.15) is 4.31 Å². The first-order chi connectivity index (χ1) is 9.54. The van der Waals surface area contributed by atoms with Gasteiger partial charge in [0.2, 0.25) is 10.0 Å². The predicted octanol–water partition coefficient (Wildman–Crippen LogP) is 2.17. The Morgan fingerprint density at radius 1 is 1.20 bits per heavy atom. The largest absolute Gasteiger partial charge is 0.393 e. The molecule has 1 aliphatic rings. The van der Waals surface area contributed by atoms with Crippen LogP contribution >= 0.6 is 0 Å². The monoisotopic (exact) mass is 297 g/mol. The summed E-state index contributed by atoms with van der Waals surface area (Å²) in [6.07, 6.45) is 3.93. The summed E-state index contributed by atoms with van der Waals surface area (Å²) in [5, 5.41) is 9.46. The van der Waals surface area contributed by atoms with Crippen LogP contribution in [-0.2, 0) is 16.4 Å². The van der Waals surface area contributed by atoms with Crippen molar-refractivity contribution in [3.05, 3.63) is 29.8 Å². The maximum Gasteiger partial charge on any atom is 0.243 e. The van der Waals surface area contributed by atoms with Gasteiger partial charge in [-0.15, -0.1) is 0 Å². The summed E-state index contributed by atoms with van der Waals surface area (Å²) in [5.74, 6) is 0. The molecule has 1 saturated heterocycles. The van der Waals surface area contributed by atoms with Crippen LogP contribution < -0.4 is 0 Å². The smallest absolute Gasteiger partial charge is 0.243 e. The number of aliphatic hydroxyl groups excluding tert-OH is 1. The van der Waals surface area contributed by atoms with Crippen LogP contribution in [0.3, 0.4) is 0 Å². The maximum absolute atomic E-state index is 12.5. The highest BCUT2D eigenvalue weighted by Crippen LogP contribution is 2.21. The van der Waals surface area contributed by atoms with Crippen molar-refractivity contribution in [2.75, 3.05) is 13.1 Å². The number of hydrogen-bond acceptors (Lipinski definition) is 3. The molecule has 1 aromatic carbocycles. The minimum Gasteiger partial charge on any atom is -0.393 e. The van der Waals surface area contributed by atoms with Crippen LogP contribution in [-0.4, -0.2) is 37.0 Å². The number of hydrogen-bond donors (Lipinski definition) is 1. The molecule has 0 aromatic heterocycles. The summed E-state index contributed by atoms with van der Waals surface area (Å²) in [5.41, 5.74) is 1.18. The highest BCUT2D eigenvalue weighted by molar-refractivity contribution is 7.89. The van der Waals surface area contributed by atoms with Crippen molar-refractivity contribution in [2.24, 2.45) is 0 Å². The van der Waals surface area contributed by atoms with Gasteiger partial charge in [-0.3, -0.25) is 0 Å². The summed E-state index contributed by atoms with van der Waals surface area (Å²) in [6.45, 7) is 2.95. The molecule has 112 valence electrons. The van der Waals surface area contributed by atoms with Crippen molar-refractivity contribution < 1.29 is 13.5 Å². The Labute approximate surface area is 121 Å². The van der Waals surface area contributed by atoms with Gasteiger partial charge in [-0.1, -0.05) is 25.5 Å².